The molecule has 0 fully saturated rings. The number of nitrogens with one attached hydrogen (secondary N) is 1. The highest BCUT2D eigenvalue weighted by Crippen LogP contribution is 2.30. The number of anilines is 2. The Morgan fingerprint density at radius 1 is 1.10 bits per heavy atom. The number of hydrogen-bond donors (Lipinski definition) is 1. The van der Waals surface area contributed by atoms with Crippen LogP contribution < -0.4 is 10.2 Å². The minimum atomic E-state index is 0.784. The summed E-state index contributed by atoms with van der Waals surface area (Å²) in [5, 5.41) is 3.92. The van der Waals surface area contributed by atoms with Gasteiger partial charge in [-0.05, 0) is 50.2 Å². The minimum Gasteiger partial charge on any atom is -0.344 e. The number of aryl methyl sites for hydroxylation is 2. The molecular formula is C17H21ClN2. The molecule has 0 spiro atoms. The van der Waals surface area contributed by atoms with Crippen molar-refractivity contribution in [1.29, 1.82) is 0 Å². The van der Waals surface area contributed by atoms with Crippen molar-refractivity contribution in [2.24, 2.45) is 0 Å². The van der Waals surface area contributed by atoms with E-state index < -0.39 is 0 Å². The summed E-state index contributed by atoms with van der Waals surface area (Å²) in [7, 11) is 3.99. The van der Waals surface area contributed by atoms with E-state index in [1.165, 1.54) is 16.8 Å². The van der Waals surface area contributed by atoms with E-state index >= 15 is 0 Å². The van der Waals surface area contributed by atoms with E-state index in [0.717, 1.165) is 22.8 Å². The Balaban J connectivity index is 2.33. The lowest BCUT2D eigenvalue weighted by Crippen LogP contribution is -2.12. The van der Waals surface area contributed by atoms with Crippen LogP contribution in [0.2, 0.25) is 5.02 Å². The van der Waals surface area contributed by atoms with Crippen LogP contribution in [0.25, 0.3) is 0 Å². The van der Waals surface area contributed by atoms with Crippen LogP contribution >= 0.6 is 11.6 Å². The first kappa shape index (κ1) is 14.9. The average molecular weight is 289 g/mol. The lowest BCUT2D eigenvalue weighted by atomic mass is 10.1. The molecule has 1 N–H and O–H groups in total. The van der Waals surface area contributed by atoms with Gasteiger partial charge in [0.25, 0.3) is 0 Å². The molecule has 0 bridgehead atoms. The second-order valence-corrected chi connectivity index (χ2v) is 5.56. The fourth-order valence-electron chi connectivity index (χ4n) is 2.40. The maximum absolute atomic E-state index is 6.34. The van der Waals surface area contributed by atoms with Crippen molar-refractivity contribution in [2.75, 3.05) is 19.0 Å². The van der Waals surface area contributed by atoms with Gasteiger partial charge in [0, 0.05) is 30.0 Å². The maximum atomic E-state index is 6.34. The predicted octanol–water partition coefficient (Wildman–Crippen LogP) is 4.44. The van der Waals surface area contributed by atoms with E-state index in [1.807, 2.05) is 13.1 Å². The Morgan fingerprint density at radius 3 is 2.45 bits per heavy atom. The van der Waals surface area contributed by atoms with E-state index in [-0.39, 0.29) is 0 Å². The molecule has 20 heavy (non-hydrogen) atoms. The first-order valence-corrected chi connectivity index (χ1v) is 7.14. The van der Waals surface area contributed by atoms with Crippen LogP contribution in [-0.4, -0.2) is 14.1 Å². The fraction of sp³-hybridized carbons (Fsp3) is 0.294. The number of nitrogens with zero attached hydrogens (tertiary/aromatic N) is 1. The molecule has 2 nitrogen and oxygen atoms in total. The number of hydrogen-bond acceptors (Lipinski definition) is 2. The van der Waals surface area contributed by atoms with Crippen LogP contribution in [0, 0.1) is 13.8 Å². The monoisotopic (exact) mass is 288 g/mol. The fourth-order valence-corrected chi connectivity index (χ4v) is 2.64. The van der Waals surface area contributed by atoms with Crippen molar-refractivity contribution < 1.29 is 0 Å². The van der Waals surface area contributed by atoms with Crippen molar-refractivity contribution in [1.82, 2.24) is 5.32 Å². The maximum Gasteiger partial charge on any atom is 0.0471 e. The number of rotatable bonds is 4. The zero-order valence-electron chi connectivity index (χ0n) is 12.5. The zero-order valence-corrected chi connectivity index (χ0v) is 13.3. The molecule has 2 aromatic carbocycles. The van der Waals surface area contributed by atoms with Gasteiger partial charge in [0.15, 0.2) is 0 Å². The van der Waals surface area contributed by atoms with Gasteiger partial charge in [-0.3, -0.25) is 0 Å². The molecule has 106 valence electrons. The van der Waals surface area contributed by atoms with E-state index in [9.17, 15) is 0 Å². The molecule has 2 rings (SSSR count). The van der Waals surface area contributed by atoms with E-state index in [4.69, 9.17) is 11.6 Å². The Kier molecular flexibility index (Phi) is 4.69. The van der Waals surface area contributed by atoms with E-state index in [1.54, 1.807) is 0 Å². The Bertz CT molecular complexity index is 608. The minimum absolute atomic E-state index is 0.784. The van der Waals surface area contributed by atoms with Gasteiger partial charge in [0.2, 0.25) is 0 Å². The summed E-state index contributed by atoms with van der Waals surface area (Å²) in [6, 6.07) is 12.7. The number of halogens is 1. The van der Waals surface area contributed by atoms with Gasteiger partial charge in [-0.2, -0.15) is 0 Å². The largest absolute Gasteiger partial charge is 0.344 e. The molecule has 3 heteroatoms. The van der Waals surface area contributed by atoms with Gasteiger partial charge in [0.05, 0.1) is 0 Å². The SMILES string of the molecule is CNCc1ccc(N(C)c2ccc(C)cc2C)cc1Cl. The predicted molar refractivity (Wildman–Crippen MR) is 88.2 cm³/mol. The van der Waals surface area contributed by atoms with Gasteiger partial charge >= 0.3 is 0 Å². The lowest BCUT2D eigenvalue weighted by Gasteiger charge is -2.22. The summed E-state index contributed by atoms with van der Waals surface area (Å²) < 4.78 is 0. The van der Waals surface area contributed by atoms with Crippen molar-refractivity contribution in [2.45, 2.75) is 20.4 Å². The van der Waals surface area contributed by atoms with Crippen molar-refractivity contribution in [3.8, 4) is 0 Å². The normalized spacial score (nSPS) is 10.7. The van der Waals surface area contributed by atoms with Gasteiger partial charge in [-0.1, -0.05) is 35.4 Å². The molecule has 0 radical (unpaired) electrons. The standard InChI is InChI=1S/C17H21ClN2/c1-12-5-8-17(13(2)9-12)20(4)15-7-6-14(11-19-3)16(18)10-15/h5-10,19H,11H2,1-4H3. The lowest BCUT2D eigenvalue weighted by molar-refractivity contribution is 0.818. The van der Waals surface area contributed by atoms with E-state index in [0.29, 0.717) is 0 Å². The Morgan fingerprint density at radius 2 is 1.85 bits per heavy atom. The molecule has 0 amide bonds. The van der Waals surface area contributed by atoms with Gasteiger partial charge in [-0.25, -0.2) is 0 Å². The van der Waals surface area contributed by atoms with E-state index in [2.05, 4.69) is 61.4 Å². The Labute approximate surface area is 126 Å². The molecule has 0 aliphatic carbocycles. The van der Waals surface area contributed by atoms with Crippen LogP contribution in [-0.2, 0) is 6.54 Å². The highest BCUT2D eigenvalue weighted by Gasteiger charge is 2.09. The van der Waals surface area contributed by atoms with Gasteiger partial charge in [0.1, 0.15) is 0 Å². The van der Waals surface area contributed by atoms with Crippen LogP contribution in [0.3, 0.4) is 0 Å². The van der Waals surface area contributed by atoms with Crippen LogP contribution in [0.4, 0.5) is 11.4 Å². The van der Waals surface area contributed by atoms with Crippen LogP contribution in [0.1, 0.15) is 16.7 Å². The molecule has 0 atom stereocenters. The molecule has 0 heterocycles. The van der Waals surface area contributed by atoms with Crippen molar-refractivity contribution in [3.63, 3.8) is 0 Å². The molecule has 0 saturated heterocycles. The molecule has 0 aliphatic heterocycles. The Hall–Kier alpha value is -1.51. The van der Waals surface area contributed by atoms with Crippen LogP contribution in [0.15, 0.2) is 36.4 Å². The summed E-state index contributed by atoms with van der Waals surface area (Å²) in [6.07, 6.45) is 0. The third-order valence-electron chi connectivity index (χ3n) is 3.50. The van der Waals surface area contributed by atoms with Crippen molar-refractivity contribution in [3.05, 3.63) is 58.1 Å². The second kappa shape index (κ2) is 6.29. The quantitative estimate of drug-likeness (QED) is 0.894. The average Bonchev–Trinajstić information content (AvgIpc) is 2.40. The van der Waals surface area contributed by atoms with Gasteiger partial charge < -0.3 is 10.2 Å². The summed E-state index contributed by atoms with van der Waals surface area (Å²) in [5.74, 6) is 0. The second-order valence-electron chi connectivity index (χ2n) is 5.16. The highest BCUT2D eigenvalue weighted by atomic mass is 35.5. The van der Waals surface area contributed by atoms with Gasteiger partial charge in [-0.15, -0.1) is 0 Å². The molecule has 2 aromatic rings. The first-order valence-electron chi connectivity index (χ1n) is 6.77. The number of benzene rings is 2. The van der Waals surface area contributed by atoms with Crippen LogP contribution in [0.5, 0.6) is 0 Å². The molecule has 0 unspecified atom stereocenters. The molecular weight excluding hydrogens is 268 g/mol. The molecule has 0 saturated carbocycles. The summed E-state index contributed by atoms with van der Waals surface area (Å²) >= 11 is 6.34. The van der Waals surface area contributed by atoms with Crippen molar-refractivity contribution >= 4 is 23.0 Å². The topological polar surface area (TPSA) is 15.3 Å². The zero-order chi connectivity index (χ0) is 14.7. The third-order valence-corrected chi connectivity index (χ3v) is 3.86. The smallest absolute Gasteiger partial charge is 0.0471 e. The third kappa shape index (κ3) is 3.14. The summed E-state index contributed by atoms with van der Waals surface area (Å²) in [5.41, 5.74) is 5.96. The molecule has 0 aliphatic rings. The molecule has 0 aromatic heterocycles. The summed E-state index contributed by atoms with van der Waals surface area (Å²) in [6.45, 7) is 5.03. The highest BCUT2D eigenvalue weighted by molar-refractivity contribution is 6.31. The summed E-state index contributed by atoms with van der Waals surface area (Å²) in [4.78, 5) is 2.17. The first-order chi connectivity index (χ1) is 9.52.